The fraction of sp³-hybridized carbons (Fsp3) is 0.280. The molecular weight excluding hydrogens is 466 g/mol. The quantitative estimate of drug-likeness (QED) is 0.309. The van der Waals surface area contributed by atoms with Crippen molar-refractivity contribution in [1.29, 1.82) is 0 Å². The van der Waals surface area contributed by atoms with Crippen molar-refractivity contribution in [2.24, 2.45) is 0 Å². The first kappa shape index (κ1) is 25.2. The molecule has 0 heterocycles. The molecule has 0 spiro atoms. The zero-order chi connectivity index (χ0) is 24.4. The van der Waals surface area contributed by atoms with Crippen molar-refractivity contribution in [2.45, 2.75) is 59.2 Å². The largest absolute Gasteiger partial charge is 0.483 e. The van der Waals surface area contributed by atoms with Gasteiger partial charge in [0.25, 0.3) is 0 Å². The number of rotatable bonds is 7. The van der Waals surface area contributed by atoms with Crippen molar-refractivity contribution in [3.8, 4) is 5.75 Å². The van der Waals surface area contributed by atoms with Crippen molar-refractivity contribution in [3.63, 3.8) is 0 Å². The summed E-state index contributed by atoms with van der Waals surface area (Å²) in [6.45, 7) is 7.37. The Morgan fingerprint density at radius 2 is 1.27 bits per heavy atom. The molecule has 0 bridgehead atoms. The van der Waals surface area contributed by atoms with E-state index in [4.69, 9.17) is 9.29 Å². The summed E-state index contributed by atoms with van der Waals surface area (Å²) in [5, 5.41) is -4.42. The van der Waals surface area contributed by atoms with Crippen LogP contribution in [0.4, 0.5) is 8.78 Å². The van der Waals surface area contributed by atoms with E-state index < -0.39 is 32.4 Å². The van der Waals surface area contributed by atoms with Gasteiger partial charge >= 0.3 is 15.4 Å². The Morgan fingerprint density at radius 3 is 1.73 bits per heavy atom. The molecule has 0 saturated heterocycles. The molecule has 4 nitrogen and oxygen atoms in total. The van der Waals surface area contributed by atoms with Gasteiger partial charge in [-0.3, -0.25) is 4.55 Å². The highest BCUT2D eigenvalue weighted by Gasteiger charge is 2.51. The van der Waals surface area contributed by atoms with Crippen molar-refractivity contribution < 1.29 is 26.5 Å². The van der Waals surface area contributed by atoms with E-state index in [2.05, 4.69) is 45.0 Å². The van der Waals surface area contributed by atoms with Gasteiger partial charge in [0, 0.05) is 0 Å². The predicted molar refractivity (Wildman–Crippen MR) is 127 cm³/mol. The van der Waals surface area contributed by atoms with Crippen LogP contribution in [0.1, 0.15) is 33.3 Å². The molecule has 0 aliphatic rings. The predicted octanol–water partition coefficient (Wildman–Crippen LogP) is 6.33. The van der Waals surface area contributed by atoms with E-state index in [1.165, 1.54) is 17.7 Å². The third kappa shape index (κ3) is 5.75. The SMILES string of the molecule is CC(Oc1ccc([S+](c2ccccc2)c2ccc(C(C)(C)C)cc2)cc1)C(F)(F)S(=O)(=O)O. The van der Waals surface area contributed by atoms with E-state index in [1.807, 2.05) is 30.3 Å². The van der Waals surface area contributed by atoms with Crippen LogP contribution in [0, 0.1) is 0 Å². The molecule has 1 N–H and O–H groups in total. The van der Waals surface area contributed by atoms with Crippen LogP contribution >= 0.6 is 0 Å². The van der Waals surface area contributed by atoms with E-state index in [-0.39, 0.29) is 11.2 Å². The highest BCUT2D eigenvalue weighted by atomic mass is 32.2. The summed E-state index contributed by atoms with van der Waals surface area (Å²) < 4.78 is 63.4. The van der Waals surface area contributed by atoms with Gasteiger partial charge in [0.15, 0.2) is 20.8 Å². The summed E-state index contributed by atoms with van der Waals surface area (Å²) in [5.41, 5.74) is 1.25. The second kappa shape index (κ2) is 9.44. The van der Waals surface area contributed by atoms with Crippen LogP contribution in [-0.2, 0) is 26.4 Å². The van der Waals surface area contributed by atoms with Crippen molar-refractivity contribution in [1.82, 2.24) is 0 Å². The first-order valence-electron chi connectivity index (χ1n) is 10.3. The molecule has 3 aromatic carbocycles. The van der Waals surface area contributed by atoms with Crippen LogP contribution in [0.5, 0.6) is 5.75 Å². The Morgan fingerprint density at radius 1 is 0.818 bits per heavy atom. The van der Waals surface area contributed by atoms with E-state index in [1.54, 1.807) is 12.1 Å². The summed E-state index contributed by atoms with van der Waals surface area (Å²) in [5.74, 6) is 0.0780. The number of halogens is 2. The zero-order valence-corrected chi connectivity index (χ0v) is 20.5. The summed E-state index contributed by atoms with van der Waals surface area (Å²) >= 11 is 0. The molecule has 2 atom stereocenters. The van der Waals surface area contributed by atoms with Crippen LogP contribution in [0.25, 0.3) is 0 Å². The van der Waals surface area contributed by atoms with Gasteiger partial charge in [0.2, 0.25) is 0 Å². The van der Waals surface area contributed by atoms with Crippen molar-refractivity contribution in [2.75, 3.05) is 0 Å². The van der Waals surface area contributed by atoms with Gasteiger partial charge in [-0.1, -0.05) is 51.1 Å². The normalized spacial score (nSPS) is 14.5. The van der Waals surface area contributed by atoms with Gasteiger partial charge in [-0.05, 0) is 66.4 Å². The van der Waals surface area contributed by atoms with E-state index in [9.17, 15) is 17.2 Å². The summed E-state index contributed by atoms with van der Waals surface area (Å²) in [7, 11) is -6.03. The zero-order valence-electron chi connectivity index (χ0n) is 18.8. The number of benzene rings is 3. The van der Waals surface area contributed by atoms with Crippen LogP contribution in [-0.4, -0.2) is 24.3 Å². The molecule has 3 aromatic rings. The van der Waals surface area contributed by atoms with Gasteiger partial charge in [-0.15, -0.1) is 0 Å². The standard InChI is InChI=1S/C25H26F2O4S2/c1-18(25(26,27)33(28,29)30)31-20-12-16-23(17-13-20)32(21-8-6-5-7-9-21)22-14-10-19(11-15-22)24(2,3)4/h5-18H,1-4H3/p+1. The minimum Gasteiger partial charge on any atom is -0.483 e. The lowest BCUT2D eigenvalue weighted by molar-refractivity contribution is -0.0236. The Hall–Kier alpha value is -2.42. The number of hydrogen-bond donors (Lipinski definition) is 1. The monoisotopic (exact) mass is 493 g/mol. The topological polar surface area (TPSA) is 63.6 Å². The Balaban J connectivity index is 1.93. The van der Waals surface area contributed by atoms with Crippen LogP contribution < -0.4 is 4.74 Å². The maximum absolute atomic E-state index is 13.8. The Kier molecular flexibility index (Phi) is 7.21. The van der Waals surface area contributed by atoms with Gasteiger partial charge in [-0.25, -0.2) is 0 Å². The van der Waals surface area contributed by atoms with Crippen LogP contribution in [0.2, 0.25) is 0 Å². The molecule has 0 fully saturated rings. The van der Waals surface area contributed by atoms with E-state index in [0.717, 1.165) is 21.6 Å². The molecule has 0 aliphatic heterocycles. The first-order valence-corrected chi connectivity index (χ1v) is 13.0. The first-order chi connectivity index (χ1) is 15.3. The molecule has 0 aliphatic carbocycles. The molecule has 0 radical (unpaired) electrons. The van der Waals surface area contributed by atoms with Crippen LogP contribution in [0.3, 0.4) is 0 Å². The smallest absolute Gasteiger partial charge is 0.405 e. The summed E-state index contributed by atoms with van der Waals surface area (Å²) in [6, 6.07) is 25.0. The highest BCUT2D eigenvalue weighted by molar-refractivity contribution is 7.97. The van der Waals surface area contributed by atoms with Crippen molar-refractivity contribution in [3.05, 3.63) is 84.4 Å². The highest BCUT2D eigenvalue weighted by Crippen LogP contribution is 2.34. The molecule has 0 saturated carbocycles. The lowest BCUT2D eigenvalue weighted by Crippen LogP contribution is -2.42. The van der Waals surface area contributed by atoms with Gasteiger partial charge in [0.1, 0.15) is 5.75 Å². The average Bonchev–Trinajstić information content (AvgIpc) is 2.75. The van der Waals surface area contributed by atoms with E-state index in [0.29, 0.717) is 0 Å². The van der Waals surface area contributed by atoms with Gasteiger partial charge < -0.3 is 4.74 Å². The molecule has 8 heteroatoms. The van der Waals surface area contributed by atoms with Crippen LogP contribution in [0.15, 0.2) is 93.5 Å². The summed E-state index contributed by atoms with van der Waals surface area (Å²) in [6.07, 6.45) is -2.06. The van der Waals surface area contributed by atoms with Gasteiger partial charge in [0.05, 0.1) is 10.9 Å². The third-order valence-corrected chi connectivity index (χ3v) is 8.37. The minimum atomic E-state index is -5.59. The number of hydrogen-bond acceptors (Lipinski definition) is 3. The molecule has 0 amide bonds. The maximum atomic E-state index is 13.8. The Labute approximate surface area is 196 Å². The maximum Gasteiger partial charge on any atom is 0.405 e. The lowest BCUT2D eigenvalue weighted by atomic mass is 9.87. The average molecular weight is 494 g/mol. The second-order valence-corrected chi connectivity index (χ2v) is 12.2. The minimum absolute atomic E-state index is 0.0314. The third-order valence-electron chi connectivity index (χ3n) is 5.12. The molecule has 2 unspecified atom stereocenters. The fourth-order valence-electron chi connectivity index (χ4n) is 3.19. The van der Waals surface area contributed by atoms with Gasteiger partial charge in [-0.2, -0.15) is 17.2 Å². The molecule has 176 valence electrons. The fourth-order valence-corrected chi connectivity index (χ4v) is 5.72. The Bertz CT molecular complexity index is 1170. The van der Waals surface area contributed by atoms with E-state index >= 15 is 0 Å². The molecule has 0 aromatic heterocycles. The number of ether oxygens (including phenoxy) is 1. The second-order valence-electron chi connectivity index (χ2n) is 8.66. The molecule has 33 heavy (non-hydrogen) atoms. The number of alkyl halides is 2. The molecular formula is C25H27F2O4S2+. The molecule has 3 rings (SSSR count). The lowest BCUT2D eigenvalue weighted by Gasteiger charge is -2.21. The summed E-state index contributed by atoms with van der Waals surface area (Å²) in [4.78, 5) is 3.15. The van der Waals surface area contributed by atoms with Crippen molar-refractivity contribution >= 4 is 21.0 Å².